The van der Waals surface area contributed by atoms with Crippen molar-refractivity contribution in [3.63, 3.8) is 0 Å². The van der Waals surface area contributed by atoms with Crippen molar-refractivity contribution in [3.05, 3.63) is 34.3 Å². The van der Waals surface area contributed by atoms with E-state index in [1.54, 1.807) is 4.31 Å². The summed E-state index contributed by atoms with van der Waals surface area (Å²) in [4.78, 5) is 12.6. The van der Waals surface area contributed by atoms with Crippen molar-refractivity contribution < 1.29 is 13.2 Å². The molecule has 0 spiro atoms. The summed E-state index contributed by atoms with van der Waals surface area (Å²) < 4.78 is 27.9. The van der Waals surface area contributed by atoms with Gasteiger partial charge >= 0.3 is 0 Å². The van der Waals surface area contributed by atoms with Crippen molar-refractivity contribution in [1.82, 2.24) is 9.62 Å². The van der Waals surface area contributed by atoms with Gasteiger partial charge in [0.15, 0.2) is 0 Å². The summed E-state index contributed by atoms with van der Waals surface area (Å²) in [7, 11) is -3.34. The summed E-state index contributed by atoms with van der Waals surface area (Å²) in [6, 6.07) is 7.73. The fourth-order valence-corrected chi connectivity index (χ4v) is 6.83. The molecule has 1 aromatic carbocycles. The molecule has 1 N–H and O–H groups in total. The van der Waals surface area contributed by atoms with Crippen LogP contribution in [0.3, 0.4) is 0 Å². The molecule has 7 heteroatoms. The number of carbonyl (C=O) groups is 1. The van der Waals surface area contributed by atoms with E-state index >= 15 is 0 Å². The average molecular weight is 455 g/mol. The zero-order chi connectivity index (χ0) is 19.0. The number of halogens is 1. The van der Waals surface area contributed by atoms with E-state index in [0.29, 0.717) is 37.9 Å². The molecule has 0 unspecified atom stereocenters. The van der Waals surface area contributed by atoms with Gasteiger partial charge in [0.25, 0.3) is 0 Å². The summed E-state index contributed by atoms with van der Waals surface area (Å²) in [6.07, 6.45) is 6.22. The first-order valence-corrected chi connectivity index (χ1v) is 12.3. The van der Waals surface area contributed by atoms with Gasteiger partial charge in [-0.05, 0) is 61.6 Å². The van der Waals surface area contributed by atoms with E-state index in [1.807, 2.05) is 24.3 Å². The van der Waals surface area contributed by atoms with Crippen molar-refractivity contribution in [2.75, 3.05) is 13.1 Å². The zero-order valence-corrected chi connectivity index (χ0v) is 17.8. The van der Waals surface area contributed by atoms with Crippen LogP contribution < -0.4 is 5.32 Å². The molecule has 0 radical (unpaired) electrons. The normalized spacial score (nSPS) is 29.1. The van der Waals surface area contributed by atoms with Gasteiger partial charge in [-0.1, -0.05) is 34.5 Å². The molecule has 5 nitrogen and oxygen atoms in total. The van der Waals surface area contributed by atoms with Crippen molar-refractivity contribution in [2.45, 2.75) is 50.3 Å². The van der Waals surface area contributed by atoms with E-state index in [0.717, 1.165) is 22.4 Å². The van der Waals surface area contributed by atoms with Crippen LogP contribution in [0.5, 0.6) is 0 Å². The molecule has 27 heavy (non-hydrogen) atoms. The van der Waals surface area contributed by atoms with Crippen LogP contribution in [0.4, 0.5) is 0 Å². The minimum Gasteiger partial charge on any atom is -0.353 e. The molecule has 2 bridgehead atoms. The summed E-state index contributed by atoms with van der Waals surface area (Å²) in [5, 5.41) is 3.27. The predicted molar refractivity (Wildman–Crippen MR) is 108 cm³/mol. The van der Waals surface area contributed by atoms with Crippen LogP contribution in [0.1, 0.15) is 44.1 Å². The predicted octanol–water partition coefficient (Wildman–Crippen LogP) is 3.30. The number of amides is 1. The Morgan fingerprint density at radius 1 is 1.07 bits per heavy atom. The van der Waals surface area contributed by atoms with Gasteiger partial charge in [0, 0.05) is 29.5 Å². The molecule has 1 saturated heterocycles. The second-order valence-electron chi connectivity index (χ2n) is 8.35. The van der Waals surface area contributed by atoms with Gasteiger partial charge in [-0.15, -0.1) is 0 Å². The maximum Gasteiger partial charge on any atom is 0.223 e. The highest BCUT2D eigenvalue weighted by molar-refractivity contribution is 9.10. The molecule has 3 fully saturated rings. The number of sulfonamides is 1. The minimum absolute atomic E-state index is 0.0162. The van der Waals surface area contributed by atoms with E-state index in [-0.39, 0.29) is 17.6 Å². The number of nitrogens with one attached hydrogen (secondary N) is 1. The average Bonchev–Trinajstić information content (AvgIpc) is 3.27. The quantitative estimate of drug-likeness (QED) is 0.741. The van der Waals surface area contributed by atoms with E-state index < -0.39 is 10.0 Å². The lowest BCUT2D eigenvalue weighted by molar-refractivity contribution is -0.127. The number of nitrogens with zero attached hydrogens (tertiary/aromatic N) is 1. The van der Waals surface area contributed by atoms with Gasteiger partial charge in [0.2, 0.25) is 15.9 Å². The molecule has 1 aromatic rings. The number of fused-ring (bicyclic) bond motifs is 2. The second kappa shape index (κ2) is 7.84. The molecule has 3 aliphatic rings. The molecule has 1 heterocycles. The van der Waals surface area contributed by atoms with Gasteiger partial charge in [-0.3, -0.25) is 4.79 Å². The molecular weight excluding hydrogens is 428 g/mol. The standard InChI is InChI=1S/C20H27BrN2O3S/c21-18-5-2-14(3-6-18)13-27(25,26)23-9-7-16(8-10-23)20(24)22-19-12-15-1-4-17(19)11-15/h2-3,5-6,15-17,19H,1,4,7-13H2,(H,22,24)/t15-,17-,19+/m1/s1. The fourth-order valence-electron chi connectivity index (χ4n) is 5.00. The Morgan fingerprint density at radius 2 is 1.78 bits per heavy atom. The summed E-state index contributed by atoms with van der Waals surface area (Å²) >= 11 is 3.37. The first kappa shape index (κ1) is 19.4. The minimum atomic E-state index is -3.34. The Balaban J connectivity index is 1.29. The lowest BCUT2D eigenvalue weighted by atomic mass is 9.93. The number of piperidine rings is 1. The van der Waals surface area contributed by atoms with Gasteiger partial charge in [-0.25, -0.2) is 12.7 Å². The summed E-state index contributed by atoms with van der Waals surface area (Å²) in [5.41, 5.74) is 0.786. The topological polar surface area (TPSA) is 66.5 Å². The van der Waals surface area contributed by atoms with Crippen LogP contribution in [0.25, 0.3) is 0 Å². The molecule has 4 rings (SSSR count). The van der Waals surface area contributed by atoms with Crippen LogP contribution in [0.2, 0.25) is 0 Å². The maximum absolute atomic E-state index is 12.7. The smallest absolute Gasteiger partial charge is 0.223 e. The largest absolute Gasteiger partial charge is 0.353 e. The number of rotatable bonds is 5. The van der Waals surface area contributed by atoms with Crippen molar-refractivity contribution in [2.24, 2.45) is 17.8 Å². The number of benzene rings is 1. The van der Waals surface area contributed by atoms with Crippen molar-refractivity contribution in [1.29, 1.82) is 0 Å². The molecule has 3 atom stereocenters. The molecule has 2 saturated carbocycles. The van der Waals surface area contributed by atoms with Crippen molar-refractivity contribution >= 4 is 31.9 Å². The van der Waals surface area contributed by atoms with E-state index in [9.17, 15) is 13.2 Å². The van der Waals surface area contributed by atoms with Crippen LogP contribution in [0.15, 0.2) is 28.7 Å². The Labute approximate surface area is 170 Å². The third-order valence-electron chi connectivity index (χ3n) is 6.55. The Morgan fingerprint density at radius 3 is 2.37 bits per heavy atom. The second-order valence-corrected chi connectivity index (χ2v) is 11.2. The highest BCUT2D eigenvalue weighted by Crippen LogP contribution is 2.44. The third kappa shape index (κ3) is 4.40. The first-order valence-electron chi connectivity index (χ1n) is 9.93. The SMILES string of the molecule is O=C(N[C@H]1C[C@@H]2CC[C@@H]1C2)C1CCN(S(=O)(=O)Cc2ccc(Br)cc2)CC1. The number of carbonyl (C=O) groups excluding carboxylic acids is 1. The Bertz CT molecular complexity index is 788. The number of hydrogen-bond donors (Lipinski definition) is 1. The van der Waals surface area contributed by atoms with Gasteiger partial charge < -0.3 is 5.32 Å². The monoisotopic (exact) mass is 454 g/mol. The highest BCUT2D eigenvalue weighted by atomic mass is 79.9. The van der Waals surface area contributed by atoms with Crippen molar-refractivity contribution in [3.8, 4) is 0 Å². The summed E-state index contributed by atoms with van der Waals surface area (Å²) in [5.74, 6) is 1.58. The Kier molecular flexibility index (Phi) is 5.63. The van der Waals surface area contributed by atoms with Gasteiger partial charge in [0.05, 0.1) is 5.75 Å². The van der Waals surface area contributed by atoms with Crippen LogP contribution in [0, 0.1) is 17.8 Å². The summed E-state index contributed by atoms with van der Waals surface area (Å²) in [6.45, 7) is 0.876. The zero-order valence-electron chi connectivity index (χ0n) is 15.4. The van der Waals surface area contributed by atoms with Gasteiger partial charge in [-0.2, -0.15) is 0 Å². The van der Waals surface area contributed by atoms with E-state index in [4.69, 9.17) is 0 Å². The molecular formula is C20H27BrN2O3S. The Hall–Kier alpha value is -0.920. The van der Waals surface area contributed by atoms with Crippen LogP contribution >= 0.6 is 15.9 Å². The lowest BCUT2D eigenvalue weighted by Crippen LogP contribution is -2.46. The van der Waals surface area contributed by atoms with Crippen LogP contribution in [-0.2, 0) is 20.6 Å². The fraction of sp³-hybridized carbons (Fsp3) is 0.650. The molecule has 0 aromatic heterocycles. The highest BCUT2D eigenvalue weighted by Gasteiger charge is 2.41. The molecule has 1 amide bonds. The lowest BCUT2D eigenvalue weighted by Gasteiger charge is -2.32. The van der Waals surface area contributed by atoms with E-state index in [2.05, 4.69) is 21.2 Å². The number of hydrogen-bond acceptors (Lipinski definition) is 3. The molecule has 2 aliphatic carbocycles. The maximum atomic E-state index is 12.7. The van der Waals surface area contributed by atoms with Gasteiger partial charge in [0.1, 0.15) is 0 Å². The molecule has 1 aliphatic heterocycles. The first-order chi connectivity index (χ1) is 12.9. The molecule has 148 valence electrons. The van der Waals surface area contributed by atoms with E-state index in [1.165, 1.54) is 19.3 Å². The van der Waals surface area contributed by atoms with Crippen LogP contribution in [-0.4, -0.2) is 37.8 Å². The third-order valence-corrected chi connectivity index (χ3v) is 8.92.